The minimum atomic E-state index is -0.481. The fourth-order valence-electron chi connectivity index (χ4n) is 1.63. The molecule has 0 saturated carbocycles. The predicted molar refractivity (Wildman–Crippen MR) is 75.0 cm³/mol. The lowest BCUT2D eigenvalue weighted by Crippen LogP contribution is -2.30. The van der Waals surface area contributed by atoms with E-state index in [2.05, 4.69) is 5.32 Å². The maximum absolute atomic E-state index is 13.2. The summed E-state index contributed by atoms with van der Waals surface area (Å²) in [6.45, 7) is 4.37. The largest absolute Gasteiger partial charge is 0.481 e. The molecule has 0 fully saturated rings. The van der Waals surface area contributed by atoms with Gasteiger partial charge in [0.25, 0.3) is 5.91 Å². The number of ether oxygens (including phenoxy) is 1. The van der Waals surface area contributed by atoms with Gasteiger partial charge < -0.3 is 15.2 Å². The van der Waals surface area contributed by atoms with Gasteiger partial charge in [0.1, 0.15) is 0 Å². The van der Waals surface area contributed by atoms with Crippen molar-refractivity contribution in [3.05, 3.63) is 30.1 Å². The third kappa shape index (κ3) is 6.02. The summed E-state index contributed by atoms with van der Waals surface area (Å²) in [5, 5.41) is 11.8. The van der Waals surface area contributed by atoms with Gasteiger partial charge in [-0.25, -0.2) is 4.39 Å². The van der Waals surface area contributed by atoms with E-state index in [-0.39, 0.29) is 30.3 Å². The third-order valence-corrected chi connectivity index (χ3v) is 2.98. The van der Waals surface area contributed by atoms with E-state index >= 15 is 0 Å². The third-order valence-electron chi connectivity index (χ3n) is 2.98. The lowest BCUT2D eigenvalue weighted by molar-refractivity contribution is -0.123. The molecular formula is C15H22FNO3. The van der Waals surface area contributed by atoms with E-state index in [0.717, 1.165) is 12.8 Å². The molecule has 1 rings (SSSR count). The maximum Gasteiger partial charge on any atom is 0.257 e. The molecule has 0 heterocycles. The average Bonchev–Trinajstić information content (AvgIpc) is 2.43. The molecule has 112 valence electrons. The Hall–Kier alpha value is -1.62. The number of para-hydroxylation sites is 1. The van der Waals surface area contributed by atoms with Crippen molar-refractivity contribution in [1.82, 2.24) is 5.32 Å². The molecule has 0 saturated heterocycles. The predicted octanol–water partition coefficient (Wildman–Crippen LogP) is 2.12. The van der Waals surface area contributed by atoms with Crippen LogP contribution in [0.1, 0.15) is 26.7 Å². The van der Waals surface area contributed by atoms with Crippen molar-refractivity contribution in [3.63, 3.8) is 0 Å². The molecule has 0 atom stereocenters. The quantitative estimate of drug-likeness (QED) is 0.718. The fourth-order valence-corrected chi connectivity index (χ4v) is 1.63. The van der Waals surface area contributed by atoms with Gasteiger partial charge in [0.05, 0.1) is 0 Å². The van der Waals surface area contributed by atoms with Crippen LogP contribution in [0, 0.1) is 11.2 Å². The van der Waals surface area contributed by atoms with Crippen molar-refractivity contribution in [2.24, 2.45) is 5.41 Å². The molecule has 4 nitrogen and oxygen atoms in total. The van der Waals surface area contributed by atoms with Crippen LogP contribution >= 0.6 is 0 Å². The van der Waals surface area contributed by atoms with Crippen molar-refractivity contribution in [1.29, 1.82) is 0 Å². The van der Waals surface area contributed by atoms with Crippen molar-refractivity contribution in [3.8, 4) is 5.75 Å². The maximum atomic E-state index is 13.2. The topological polar surface area (TPSA) is 58.6 Å². The summed E-state index contributed by atoms with van der Waals surface area (Å²) in [4.78, 5) is 11.5. The molecule has 0 unspecified atom stereocenters. The summed E-state index contributed by atoms with van der Waals surface area (Å²) < 4.78 is 18.3. The van der Waals surface area contributed by atoms with E-state index in [1.807, 2.05) is 13.8 Å². The number of carbonyl (C=O) groups excluding carboxylic acids is 1. The minimum absolute atomic E-state index is 0.0732. The molecule has 0 aliphatic rings. The summed E-state index contributed by atoms with van der Waals surface area (Å²) in [5.74, 6) is -0.691. The molecule has 0 spiro atoms. The molecular weight excluding hydrogens is 261 g/mol. The lowest BCUT2D eigenvalue weighted by atomic mass is 9.89. The molecule has 0 bridgehead atoms. The molecule has 1 amide bonds. The number of carbonyl (C=O) groups is 1. The monoisotopic (exact) mass is 283 g/mol. The molecule has 1 aromatic carbocycles. The Labute approximate surface area is 119 Å². The molecule has 1 aromatic rings. The van der Waals surface area contributed by atoms with Crippen molar-refractivity contribution >= 4 is 5.91 Å². The van der Waals surface area contributed by atoms with Crippen molar-refractivity contribution < 1.29 is 19.0 Å². The fraction of sp³-hybridized carbons (Fsp3) is 0.533. The first kappa shape index (κ1) is 16.4. The molecule has 0 aliphatic carbocycles. The molecule has 0 aromatic heterocycles. The van der Waals surface area contributed by atoms with Gasteiger partial charge in [0, 0.05) is 13.2 Å². The Balaban J connectivity index is 2.20. The van der Waals surface area contributed by atoms with Crippen LogP contribution in [-0.2, 0) is 4.79 Å². The number of hydrogen-bond donors (Lipinski definition) is 2. The number of halogens is 1. The molecule has 0 radical (unpaired) electrons. The summed E-state index contributed by atoms with van der Waals surface area (Å²) >= 11 is 0. The number of aliphatic hydroxyl groups is 1. The zero-order valence-electron chi connectivity index (χ0n) is 12.0. The highest BCUT2D eigenvalue weighted by molar-refractivity contribution is 5.77. The van der Waals surface area contributed by atoms with E-state index in [0.29, 0.717) is 6.54 Å². The first-order valence-electron chi connectivity index (χ1n) is 6.69. The van der Waals surface area contributed by atoms with Gasteiger partial charge in [-0.05, 0) is 30.4 Å². The number of hydrogen-bond acceptors (Lipinski definition) is 3. The molecule has 20 heavy (non-hydrogen) atoms. The van der Waals surface area contributed by atoms with Crippen LogP contribution in [-0.4, -0.2) is 30.8 Å². The number of benzene rings is 1. The van der Waals surface area contributed by atoms with Crippen molar-refractivity contribution in [2.45, 2.75) is 26.7 Å². The van der Waals surface area contributed by atoms with Crippen LogP contribution in [0.2, 0.25) is 0 Å². The summed E-state index contributed by atoms with van der Waals surface area (Å²) in [5.41, 5.74) is -0.131. The standard InChI is InChI=1S/C15H22FNO3/c1-15(2,11-18)8-5-9-17-14(19)10-20-13-7-4-3-6-12(13)16/h3-4,6-7,18H,5,8-11H2,1-2H3,(H,17,19). The number of rotatable bonds is 8. The van der Waals surface area contributed by atoms with Crippen LogP contribution in [0.5, 0.6) is 5.75 Å². The highest BCUT2D eigenvalue weighted by Crippen LogP contribution is 2.20. The number of aliphatic hydroxyl groups excluding tert-OH is 1. The second-order valence-electron chi connectivity index (χ2n) is 5.49. The van der Waals surface area contributed by atoms with Crippen molar-refractivity contribution in [2.75, 3.05) is 19.8 Å². The SMILES string of the molecule is CC(C)(CO)CCCNC(=O)COc1ccccc1F. The van der Waals surface area contributed by atoms with Crippen LogP contribution in [0.25, 0.3) is 0 Å². The second kappa shape index (κ2) is 7.85. The zero-order valence-corrected chi connectivity index (χ0v) is 12.0. The Kier molecular flexibility index (Phi) is 6.45. The normalized spacial score (nSPS) is 11.2. The Morgan fingerprint density at radius 1 is 1.40 bits per heavy atom. The zero-order chi connectivity index (χ0) is 15.0. The highest BCUT2D eigenvalue weighted by Gasteiger charge is 2.15. The van der Waals surface area contributed by atoms with Crippen LogP contribution in [0.3, 0.4) is 0 Å². The van der Waals surface area contributed by atoms with Crippen LogP contribution in [0.4, 0.5) is 4.39 Å². The Bertz CT molecular complexity index is 435. The molecule has 0 aliphatic heterocycles. The Morgan fingerprint density at radius 3 is 2.75 bits per heavy atom. The van der Waals surface area contributed by atoms with Gasteiger partial charge in [-0.2, -0.15) is 0 Å². The van der Waals surface area contributed by atoms with E-state index < -0.39 is 5.82 Å². The first-order valence-corrected chi connectivity index (χ1v) is 6.69. The van der Waals surface area contributed by atoms with Crippen LogP contribution < -0.4 is 10.1 Å². The number of amides is 1. The van der Waals surface area contributed by atoms with Gasteiger partial charge in [-0.15, -0.1) is 0 Å². The van der Waals surface area contributed by atoms with Gasteiger partial charge >= 0.3 is 0 Å². The Morgan fingerprint density at radius 2 is 2.10 bits per heavy atom. The van der Waals surface area contributed by atoms with Gasteiger partial charge in [0.15, 0.2) is 18.2 Å². The number of nitrogens with one attached hydrogen (secondary N) is 1. The first-order chi connectivity index (χ1) is 9.44. The second-order valence-corrected chi connectivity index (χ2v) is 5.49. The highest BCUT2D eigenvalue weighted by atomic mass is 19.1. The summed E-state index contributed by atoms with van der Waals surface area (Å²) in [7, 11) is 0. The molecule has 2 N–H and O–H groups in total. The lowest BCUT2D eigenvalue weighted by Gasteiger charge is -2.21. The van der Waals surface area contributed by atoms with Gasteiger partial charge in [0.2, 0.25) is 0 Å². The average molecular weight is 283 g/mol. The van der Waals surface area contributed by atoms with E-state index in [1.54, 1.807) is 12.1 Å². The van der Waals surface area contributed by atoms with Gasteiger partial charge in [-0.3, -0.25) is 4.79 Å². The smallest absolute Gasteiger partial charge is 0.257 e. The minimum Gasteiger partial charge on any atom is -0.481 e. The van der Waals surface area contributed by atoms with Gasteiger partial charge in [-0.1, -0.05) is 26.0 Å². The molecule has 5 heteroatoms. The summed E-state index contributed by atoms with van der Waals surface area (Å²) in [6, 6.07) is 5.97. The van der Waals surface area contributed by atoms with E-state index in [1.165, 1.54) is 12.1 Å². The summed E-state index contributed by atoms with van der Waals surface area (Å²) in [6.07, 6.45) is 1.59. The van der Waals surface area contributed by atoms with E-state index in [9.17, 15) is 9.18 Å². The van der Waals surface area contributed by atoms with E-state index in [4.69, 9.17) is 9.84 Å². The van der Waals surface area contributed by atoms with Crippen LogP contribution in [0.15, 0.2) is 24.3 Å².